The number of aryl methyl sites for hydroxylation is 1. The summed E-state index contributed by atoms with van der Waals surface area (Å²) in [4.78, 5) is 6.32. The second-order valence-corrected chi connectivity index (χ2v) is 6.97. The van der Waals surface area contributed by atoms with E-state index in [1.807, 2.05) is 31.0 Å². The Labute approximate surface area is 107 Å². The van der Waals surface area contributed by atoms with Crippen LogP contribution in [0.1, 0.15) is 17.7 Å². The number of rotatable bonds is 3. The van der Waals surface area contributed by atoms with Crippen LogP contribution in [0.4, 0.5) is 5.82 Å². The van der Waals surface area contributed by atoms with E-state index in [1.54, 1.807) is 0 Å². The van der Waals surface area contributed by atoms with Crippen LogP contribution < -0.4 is 4.90 Å². The van der Waals surface area contributed by atoms with E-state index in [1.165, 1.54) is 0 Å². The van der Waals surface area contributed by atoms with Crippen LogP contribution in [0, 0.1) is 6.92 Å². The fraction of sp³-hybridized carbons (Fsp3) is 0.583. The summed E-state index contributed by atoms with van der Waals surface area (Å²) in [6, 6.07) is 3.66. The van der Waals surface area contributed by atoms with Crippen LogP contribution in [0.3, 0.4) is 0 Å². The number of aromatic nitrogens is 1. The van der Waals surface area contributed by atoms with E-state index in [-0.39, 0.29) is 24.2 Å². The van der Waals surface area contributed by atoms with Gasteiger partial charge in [-0.15, -0.1) is 0 Å². The van der Waals surface area contributed by atoms with Crippen molar-refractivity contribution in [3.05, 3.63) is 23.4 Å². The van der Waals surface area contributed by atoms with Gasteiger partial charge >= 0.3 is 0 Å². The number of sulfone groups is 1. The van der Waals surface area contributed by atoms with Crippen LogP contribution >= 0.6 is 0 Å². The Morgan fingerprint density at radius 1 is 1.50 bits per heavy atom. The van der Waals surface area contributed by atoms with Crippen molar-refractivity contribution in [2.45, 2.75) is 26.0 Å². The number of pyridine rings is 1. The molecule has 1 fully saturated rings. The predicted molar refractivity (Wildman–Crippen MR) is 70.4 cm³/mol. The topological polar surface area (TPSA) is 70.5 Å². The SMILES string of the molecule is Cc1nc(N(C)C2CCS(=O)(=O)C2)ccc1CO. The highest BCUT2D eigenvalue weighted by atomic mass is 32.2. The monoisotopic (exact) mass is 270 g/mol. The smallest absolute Gasteiger partial charge is 0.152 e. The molecule has 1 atom stereocenters. The molecule has 0 spiro atoms. The summed E-state index contributed by atoms with van der Waals surface area (Å²) < 4.78 is 22.9. The lowest BCUT2D eigenvalue weighted by atomic mass is 10.2. The quantitative estimate of drug-likeness (QED) is 0.866. The van der Waals surface area contributed by atoms with Crippen molar-refractivity contribution >= 4 is 15.7 Å². The van der Waals surface area contributed by atoms with Gasteiger partial charge in [0, 0.05) is 18.8 Å². The Hall–Kier alpha value is -1.14. The highest BCUT2D eigenvalue weighted by molar-refractivity contribution is 7.91. The largest absolute Gasteiger partial charge is 0.392 e. The minimum atomic E-state index is -2.88. The molecule has 0 saturated carbocycles. The van der Waals surface area contributed by atoms with Crippen molar-refractivity contribution in [1.82, 2.24) is 4.98 Å². The molecule has 1 aliphatic rings. The number of aliphatic hydroxyl groups is 1. The minimum absolute atomic E-state index is 0.00174. The van der Waals surface area contributed by atoms with Crippen LogP contribution in [-0.4, -0.2) is 43.1 Å². The molecule has 18 heavy (non-hydrogen) atoms. The molecule has 1 N–H and O–H groups in total. The van der Waals surface area contributed by atoms with Crippen molar-refractivity contribution in [1.29, 1.82) is 0 Å². The molecule has 1 saturated heterocycles. The molecular formula is C12H18N2O3S. The molecule has 0 amide bonds. The Kier molecular flexibility index (Phi) is 3.59. The van der Waals surface area contributed by atoms with Crippen LogP contribution in [0.5, 0.6) is 0 Å². The molecule has 100 valence electrons. The van der Waals surface area contributed by atoms with Gasteiger partial charge in [0.15, 0.2) is 9.84 Å². The van der Waals surface area contributed by atoms with Gasteiger partial charge in [0.05, 0.1) is 18.1 Å². The fourth-order valence-electron chi connectivity index (χ4n) is 2.21. The molecule has 1 aromatic heterocycles. The van der Waals surface area contributed by atoms with E-state index in [0.717, 1.165) is 17.1 Å². The Morgan fingerprint density at radius 2 is 2.22 bits per heavy atom. The average molecular weight is 270 g/mol. The van der Waals surface area contributed by atoms with E-state index in [4.69, 9.17) is 5.11 Å². The van der Waals surface area contributed by atoms with Gasteiger partial charge in [-0.3, -0.25) is 0 Å². The van der Waals surface area contributed by atoms with Gasteiger partial charge in [0.25, 0.3) is 0 Å². The van der Waals surface area contributed by atoms with Gasteiger partial charge in [-0.1, -0.05) is 6.07 Å². The lowest BCUT2D eigenvalue weighted by Gasteiger charge is -2.25. The van der Waals surface area contributed by atoms with Crippen LogP contribution in [-0.2, 0) is 16.4 Å². The number of aliphatic hydroxyl groups excluding tert-OH is 1. The van der Waals surface area contributed by atoms with Crippen molar-refractivity contribution in [2.75, 3.05) is 23.5 Å². The molecule has 0 aliphatic carbocycles. The molecule has 1 unspecified atom stereocenters. The fourth-order valence-corrected chi connectivity index (χ4v) is 3.98. The zero-order valence-corrected chi connectivity index (χ0v) is 11.4. The maximum absolute atomic E-state index is 11.5. The summed E-state index contributed by atoms with van der Waals surface area (Å²) in [5.74, 6) is 1.22. The third-order valence-corrected chi connectivity index (χ3v) is 5.22. The first-order valence-electron chi connectivity index (χ1n) is 5.93. The first kappa shape index (κ1) is 13.3. The molecule has 0 aromatic carbocycles. The molecule has 1 aromatic rings. The predicted octanol–water partition coefficient (Wildman–Crippen LogP) is 0.506. The molecule has 6 heteroatoms. The molecule has 5 nitrogen and oxygen atoms in total. The molecule has 2 rings (SSSR count). The number of anilines is 1. The maximum atomic E-state index is 11.5. The van der Waals surface area contributed by atoms with Crippen LogP contribution in [0.15, 0.2) is 12.1 Å². The van der Waals surface area contributed by atoms with Gasteiger partial charge in [-0.25, -0.2) is 13.4 Å². The van der Waals surface area contributed by atoms with E-state index in [0.29, 0.717) is 6.42 Å². The van der Waals surface area contributed by atoms with E-state index in [2.05, 4.69) is 4.98 Å². The number of hydrogen-bond donors (Lipinski definition) is 1. The minimum Gasteiger partial charge on any atom is -0.392 e. The lowest BCUT2D eigenvalue weighted by Crippen LogP contribution is -2.33. The van der Waals surface area contributed by atoms with Crippen molar-refractivity contribution in [3.63, 3.8) is 0 Å². The molecule has 1 aliphatic heterocycles. The summed E-state index contributed by atoms with van der Waals surface area (Å²) in [5.41, 5.74) is 1.58. The highest BCUT2D eigenvalue weighted by Gasteiger charge is 2.31. The van der Waals surface area contributed by atoms with E-state index < -0.39 is 9.84 Å². The normalized spacial score (nSPS) is 22.1. The van der Waals surface area contributed by atoms with Gasteiger partial charge in [0.1, 0.15) is 5.82 Å². The first-order valence-corrected chi connectivity index (χ1v) is 7.76. The summed E-state index contributed by atoms with van der Waals surface area (Å²) >= 11 is 0. The Bertz CT molecular complexity index is 542. The van der Waals surface area contributed by atoms with E-state index in [9.17, 15) is 8.42 Å². The second kappa shape index (κ2) is 4.85. The Balaban J connectivity index is 2.19. The van der Waals surface area contributed by atoms with Crippen LogP contribution in [0.25, 0.3) is 0 Å². The summed E-state index contributed by atoms with van der Waals surface area (Å²) in [6.45, 7) is 1.81. The van der Waals surface area contributed by atoms with Crippen molar-refractivity contribution in [3.8, 4) is 0 Å². The van der Waals surface area contributed by atoms with Gasteiger partial charge < -0.3 is 10.0 Å². The third-order valence-electron chi connectivity index (χ3n) is 3.47. The molecule has 0 radical (unpaired) electrons. The number of hydrogen-bond acceptors (Lipinski definition) is 5. The molecular weight excluding hydrogens is 252 g/mol. The zero-order chi connectivity index (χ0) is 13.3. The van der Waals surface area contributed by atoms with Crippen LogP contribution in [0.2, 0.25) is 0 Å². The lowest BCUT2D eigenvalue weighted by molar-refractivity contribution is 0.280. The standard InChI is InChI=1S/C12H18N2O3S/c1-9-10(7-15)3-4-12(13-9)14(2)11-5-6-18(16,17)8-11/h3-4,11,15H,5-8H2,1-2H3. The zero-order valence-electron chi connectivity index (χ0n) is 10.6. The Morgan fingerprint density at radius 3 is 2.72 bits per heavy atom. The van der Waals surface area contributed by atoms with Gasteiger partial charge in [-0.05, 0) is 25.0 Å². The summed E-state index contributed by atoms with van der Waals surface area (Å²) in [7, 11) is -1.01. The summed E-state index contributed by atoms with van der Waals surface area (Å²) in [6.07, 6.45) is 0.654. The number of nitrogens with zero attached hydrogens (tertiary/aromatic N) is 2. The second-order valence-electron chi connectivity index (χ2n) is 4.74. The summed E-state index contributed by atoms with van der Waals surface area (Å²) in [5, 5.41) is 9.10. The highest BCUT2D eigenvalue weighted by Crippen LogP contribution is 2.22. The third kappa shape index (κ3) is 2.64. The molecule has 2 heterocycles. The average Bonchev–Trinajstić information content (AvgIpc) is 2.68. The van der Waals surface area contributed by atoms with Gasteiger partial charge in [-0.2, -0.15) is 0 Å². The van der Waals surface area contributed by atoms with Crippen molar-refractivity contribution < 1.29 is 13.5 Å². The van der Waals surface area contributed by atoms with Crippen molar-refractivity contribution in [2.24, 2.45) is 0 Å². The van der Waals surface area contributed by atoms with Gasteiger partial charge in [0.2, 0.25) is 0 Å². The first-order chi connectivity index (χ1) is 8.43. The molecule has 0 bridgehead atoms. The van der Waals surface area contributed by atoms with E-state index >= 15 is 0 Å². The maximum Gasteiger partial charge on any atom is 0.152 e.